The van der Waals surface area contributed by atoms with Crippen LogP contribution < -0.4 is 10.6 Å². The SMILES string of the molecule is O=C(COC1(c2ccccc2)CNC1)NCCC1(C(F)(F)F)N=N1.O=C(O)C(F)(F)F. The molecule has 0 unspecified atom stereocenters. The van der Waals surface area contributed by atoms with Gasteiger partial charge < -0.3 is 20.5 Å². The lowest BCUT2D eigenvalue weighted by molar-refractivity contribution is -0.192. The maximum absolute atomic E-state index is 12.6. The molecule has 172 valence electrons. The molecule has 1 fully saturated rings. The van der Waals surface area contributed by atoms with Crippen molar-refractivity contribution in [1.29, 1.82) is 0 Å². The van der Waals surface area contributed by atoms with Crippen LogP contribution >= 0.6 is 0 Å². The van der Waals surface area contributed by atoms with Gasteiger partial charge in [0.1, 0.15) is 12.2 Å². The molecule has 1 saturated heterocycles. The molecule has 1 aromatic rings. The second-order valence-electron chi connectivity index (χ2n) is 6.67. The quantitative estimate of drug-likeness (QED) is 0.546. The van der Waals surface area contributed by atoms with Gasteiger partial charge in [0.25, 0.3) is 5.66 Å². The zero-order valence-corrected chi connectivity index (χ0v) is 15.8. The molecule has 1 amide bonds. The number of rotatable bonds is 7. The van der Waals surface area contributed by atoms with Crippen LogP contribution in [-0.2, 0) is 19.9 Å². The second kappa shape index (κ2) is 9.18. The smallest absolute Gasteiger partial charge is 0.475 e. The fourth-order valence-electron chi connectivity index (χ4n) is 2.53. The lowest BCUT2D eigenvalue weighted by Gasteiger charge is -2.42. The van der Waals surface area contributed by atoms with Crippen LogP contribution in [0, 0.1) is 0 Å². The number of carbonyl (C=O) groups excluding carboxylic acids is 1. The van der Waals surface area contributed by atoms with Gasteiger partial charge >= 0.3 is 18.3 Å². The van der Waals surface area contributed by atoms with E-state index in [1.165, 1.54) is 0 Å². The maximum Gasteiger partial charge on any atom is 0.490 e. The van der Waals surface area contributed by atoms with Gasteiger partial charge in [-0.2, -0.15) is 26.3 Å². The summed E-state index contributed by atoms with van der Waals surface area (Å²) >= 11 is 0. The van der Waals surface area contributed by atoms with Crippen LogP contribution in [0.5, 0.6) is 0 Å². The molecule has 0 aromatic heterocycles. The van der Waals surface area contributed by atoms with Gasteiger partial charge in [-0.3, -0.25) is 4.79 Å². The van der Waals surface area contributed by atoms with Crippen molar-refractivity contribution in [2.75, 3.05) is 26.2 Å². The number of hydrogen-bond donors (Lipinski definition) is 3. The number of aliphatic carboxylic acids is 1. The zero-order chi connectivity index (χ0) is 23.3. The number of nitrogens with one attached hydrogen (secondary N) is 2. The number of hydrogen-bond acceptors (Lipinski definition) is 6. The highest BCUT2D eigenvalue weighted by molar-refractivity contribution is 5.77. The normalized spacial score (nSPS) is 18.3. The Bertz CT molecular complexity index is 803. The summed E-state index contributed by atoms with van der Waals surface area (Å²) in [5.74, 6) is -3.22. The van der Waals surface area contributed by atoms with Crippen LogP contribution in [0.25, 0.3) is 0 Å². The van der Waals surface area contributed by atoms with Crippen LogP contribution in [-0.4, -0.2) is 61.2 Å². The molecule has 2 aliphatic heterocycles. The van der Waals surface area contributed by atoms with Gasteiger partial charge in [-0.05, 0) is 5.56 Å². The van der Waals surface area contributed by atoms with Crippen molar-refractivity contribution < 1.29 is 45.8 Å². The first kappa shape index (κ1) is 24.5. The highest BCUT2D eigenvalue weighted by atomic mass is 19.4. The number of benzene rings is 1. The highest BCUT2D eigenvalue weighted by Crippen LogP contribution is 2.46. The molecule has 14 heteroatoms. The molecule has 2 heterocycles. The van der Waals surface area contributed by atoms with E-state index >= 15 is 0 Å². The van der Waals surface area contributed by atoms with Crippen molar-refractivity contribution in [3.05, 3.63) is 35.9 Å². The Kier molecular flexibility index (Phi) is 7.26. The minimum absolute atomic E-state index is 0.161. The fourth-order valence-corrected chi connectivity index (χ4v) is 2.53. The van der Waals surface area contributed by atoms with E-state index in [2.05, 4.69) is 20.9 Å². The van der Waals surface area contributed by atoms with Crippen molar-refractivity contribution in [2.24, 2.45) is 10.2 Å². The number of carbonyl (C=O) groups is 2. The van der Waals surface area contributed by atoms with Crippen LogP contribution in [0.4, 0.5) is 26.3 Å². The number of carboxylic acids is 1. The minimum atomic E-state index is -5.08. The van der Waals surface area contributed by atoms with Gasteiger partial charge in [-0.25, -0.2) is 4.79 Å². The lowest BCUT2D eigenvalue weighted by Crippen LogP contribution is -2.59. The summed E-state index contributed by atoms with van der Waals surface area (Å²) in [4.78, 5) is 20.7. The van der Waals surface area contributed by atoms with Gasteiger partial charge in [-0.1, -0.05) is 30.3 Å². The second-order valence-corrected chi connectivity index (χ2v) is 6.67. The lowest BCUT2D eigenvalue weighted by atomic mass is 9.88. The van der Waals surface area contributed by atoms with E-state index < -0.39 is 41.9 Å². The van der Waals surface area contributed by atoms with Gasteiger partial charge in [0.15, 0.2) is 0 Å². The number of amides is 1. The summed E-state index contributed by atoms with van der Waals surface area (Å²) in [6, 6.07) is 9.50. The summed E-state index contributed by atoms with van der Waals surface area (Å²) < 4.78 is 75.4. The molecule has 31 heavy (non-hydrogen) atoms. The van der Waals surface area contributed by atoms with Crippen molar-refractivity contribution in [2.45, 2.75) is 30.0 Å². The number of nitrogens with zero attached hydrogens (tertiary/aromatic N) is 2. The predicted molar refractivity (Wildman–Crippen MR) is 91.9 cm³/mol. The molecule has 3 N–H and O–H groups in total. The molecule has 1 aromatic carbocycles. The minimum Gasteiger partial charge on any atom is -0.475 e. The summed E-state index contributed by atoms with van der Waals surface area (Å²) in [6.45, 7) is 0.785. The van der Waals surface area contributed by atoms with E-state index in [9.17, 15) is 31.1 Å². The maximum atomic E-state index is 12.6. The summed E-state index contributed by atoms with van der Waals surface area (Å²) in [6.07, 6.45) is -9.99. The molecule has 0 bridgehead atoms. The Morgan fingerprint density at radius 3 is 2.03 bits per heavy atom. The Morgan fingerprint density at radius 1 is 1.10 bits per heavy atom. The van der Waals surface area contributed by atoms with Gasteiger partial charge in [-0.15, -0.1) is 10.2 Å². The standard InChI is InChI=1S/C15H17F3N4O2.C2HF3O2/c16-15(17,18)14(21-22-14)6-7-20-12(23)8-24-13(9-19-10-13)11-4-2-1-3-5-11;3-2(4,5)1(6)7/h1-5,19H,6-10H2,(H,20,23);(H,6,7). The molecule has 0 spiro atoms. The summed E-state index contributed by atoms with van der Waals surface area (Å²) in [5, 5.41) is 18.8. The molecular weight excluding hydrogens is 438 g/mol. The monoisotopic (exact) mass is 456 g/mol. The Hall–Kier alpha value is -2.74. The molecule has 0 radical (unpaired) electrons. The molecular formula is C17H18F6N4O4. The average molecular weight is 456 g/mol. The summed E-state index contributed by atoms with van der Waals surface area (Å²) in [5.41, 5.74) is -1.93. The molecule has 3 rings (SSSR count). The van der Waals surface area contributed by atoms with E-state index in [-0.39, 0.29) is 13.2 Å². The van der Waals surface area contributed by atoms with E-state index in [4.69, 9.17) is 14.6 Å². The van der Waals surface area contributed by atoms with E-state index in [0.717, 1.165) is 5.56 Å². The number of carboxylic acid groups (broad SMARTS) is 1. The van der Waals surface area contributed by atoms with E-state index in [1.54, 1.807) is 0 Å². The third kappa shape index (κ3) is 6.37. The highest BCUT2D eigenvalue weighted by Gasteiger charge is 2.63. The topological polar surface area (TPSA) is 112 Å². The Morgan fingerprint density at radius 2 is 1.65 bits per heavy atom. The van der Waals surface area contributed by atoms with Crippen molar-refractivity contribution >= 4 is 11.9 Å². The van der Waals surface area contributed by atoms with Crippen molar-refractivity contribution in [1.82, 2.24) is 10.6 Å². The third-order valence-corrected chi connectivity index (χ3v) is 4.43. The van der Waals surface area contributed by atoms with Gasteiger partial charge in [0.2, 0.25) is 5.91 Å². The molecule has 8 nitrogen and oxygen atoms in total. The number of alkyl halides is 6. The van der Waals surface area contributed by atoms with Crippen LogP contribution in [0.15, 0.2) is 40.6 Å². The molecule has 2 aliphatic rings. The first-order valence-corrected chi connectivity index (χ1v) is 8.79. The van der Waals surface area contributed by atoms with Crippen LogP contribution in [0.3, 0.4) is 0 Å². The van der Waals surface area contributed by atoms with Gasteiger partial charge in [0.05, 0.1) is 0 Å². The van der Waals surface area contributed by atoms with Crippen molar-refractivity contribution in [3.8, 4) is 0 Å². The first-order valence-electron chi connectivity index (χ1n) is 8.79. The van der Waals surface area contributed by atoms with E-state index in [0.29, 0.717) is 13.1 Å². The van der Waals surface area contributed by atoms with E-state index in [1.807, 2.05) is 30.3 Å². The van der Waals surface area contributed by atoms with Crippen molar-refractivity contribution in [3.63, 3.8) is 0 Å². The Labute approximate surface area is 171 Å². The third-order valence-electron chi connectivity index (χ3n) is 4.43. The zero-order valence-electron chi connectivity index (χ0n) is 15.8. The molecule has 0 saturated carbocycles. The number of ether oxygens (including phenoxy) is 1. The van der Waals surface area contributed by atoms with Crippen LogP contribution in [0.2, 0.25) is 0 Å². The fraction of sp³-hybridized carbons (Fsp3) is 0.529. The predicted octanol–water partition coefficient (Wildman–Crippen LogP) is 2.37. The number of halogens is 6. The van der Waals surface area contributed by atoms with Crippen LogP contribution in [0.1, 0.15) is 12.0 Å². The van der Waals surface area contributed by atoms with Gasteiger partial charge in [0, 0.05) is 26.1 Å². The molecule has 0 atom stereocenters. The largest absolute Gasteiger partial charge is 0.490 e. The molecule has 0 aliphatic carbocycles. The Balaban J connectivity index is 0.000000423. The first-order chi connectivity index (χ1) is 14.3. The summed E-state index contributed by atoms with van der Waals surface area (Å²) in [7, 11) is 0. The average Bonchev–Trinajstić information content (AvgIpc) is 3.42.